The van der Waals surface area contributed by atoms with Crippen LogP contribution in [0.15, 0.2) is 23.2 Å². The van der Waals surface area contributed by atoms with E-state index in [9.17, 15) is 4.39 Å². The van der Waals surface area contributed by atoms with Crippen LogP contribution in [0.2, 0.25) is 0 Å². The van der Waals surface area contributed by atoms with Crippen molar-refractivity contribution in [1.82, 2.24) is 5.43 Å². The first-order valence-electron chi connectivity index (χ1n) is 6.76. The number of benzene rings is 1. The molecule has 0 heterocycles. The number of nitrogens with two attached hydrogens (primary N) is 1. The predicted octanol–water partition coefficient (Wildman–Crippen LogP) is 2.70. The molecule has 0 bridgehead atoms. The Morgan fingerprint density at radius 3 is 2.63 bits per heavy atom. The number of guanidine groups is 1. The second kappa shape index (κ2) is 6.52. The standard InChI is InChI=1S/C14H21FN4/c1-10-7-11(15)9-13(8-10)18-14(19-16)17-12-5-3-2-4-6-12/h7-9,12H,2-6,16H2,1H3,(H2,17,18,19). The third-order valence-electron chi connectivity index (χ3n) is 3.33. The second-order valence-electron chi connectivity index (χ2n) is 5.06. The third-order valence-corrected chi connectivity index (χ3v) is 3.33. The van der Waals surface area contributed by atoms with Crippen LogP contribution in [0.25, 0.3) is 0 Å². The van der Waals surface area contributed by atoms with Crippen molar-refractivity contribution in [1.29, 1.82) is 0 Å². The Balaban J connectivity index is 2.07. The van der Waals surface area contributed by atoms with Gasteiger partial charge in [0.1, 0.15) is 5.82 Å². The molecule has 4 nitrogen and oxygen atoms in total. The Morgan fingerprint density at radius 2 is 2.00 bits per heavy atom. The molecule has 5 heteroatoms. The summed E-state index contributed by atoms with van der Waals surface area (Å²) in [5.41, 5.74) is 4.07. The predicted molar refractivity (Wildman–Crippen MR) is 76.4 cm³/mol. The lowest BCUT2D eigenvalue weighted by Crippen LogP contribution is -2.37. The minimum atomic E-state index is -0.267. The summed E-state index contributed by atoms with van der Waals surface area (Å²) in [6.45, 7) is 1.85. The van der Waals surface area contributed by atoms with Crippen LogP contribution in [0.4, 0.5) is 10.1 Å². The van der Waals surface area contributed by atoms with E-state index in [0.717, 1.165) is 18.4 Å². The average molecular weight is 264 g/mol. The van der Waals surface area contributed by atoms with Crippen LogP contribution in [-0.4, -0.2) is 12.0 Å². The largest absolute Gasteiger partial charge is 0.325 e. The van der Waals surface area contributed by atoms with Crippen molar-refractivity contribution < 1.29 is 4.39 Å². The lowest BCUT2D eigenvalue weighted by atomic mass is 9.96. The summed E-state index contributed by atoms with van der Waals surface area (Å²) in [4.78, 5) is 4.56. The van der Waals surface area contributed by atoms with Gasteiger partial charge in [0, 0.05) is 5.69 Å². The van der Waals surface area contributed by atoms with Crippen molar-refractivity contribution >= 4 is 11.6 Å². The summed E-state index contributed by atoms with van der Waals surface area (Å²) in [6, 6.07) is 5.08. The Labute approximate surface area is 113 Å². The molecule has 104 valence electrons. The molecule has 0 saturated heterocycles. The highest BCUT2D eigenvalue weighted by Crippen LogP contribution is 2.20. The molecular formula is C14H21FN4. The number of hydrazine groups is 1. The van der Waals surface area contributed by atoms with Crippen LogP contribution in [0, 0.1) is 12.7 Å². The quantitative estimate of drug-likeness (QED) is 0.333. The molecule has 19 heavy (non-hydrogen) atoms. The van der Waals surface area contributed by atoms with Crippen LogP contribution >= 0.6 is 0 Å². The summed E-state index contributed by atoms with van der Waals surface area (Å²) < 4.78 is 13.3. The van der Waals surface area contributed by atoms with E-state index in [2.05, 4.69) is 15.7 Å². The van der Waals surface area contributed by atoms with E-state index in [1.807, 2.05) is 13.0 Å². The van der Waals surface area contributed by atoms with E-state index in [4.69, 9.17) is 5.84 Å². The number of halogens is 1. The van der Waals surface area contributed by atoms with Gasteiger partial charge in [0.05, 0.1) is 6.04 Å². The molecule has 0 amide bonds. The van der Waals surface area contributed by atoms with Gasteiger partial charge in [-0.25, -0.2) is 15.2 Å². The van der Waals surface area contributed by atoms with Gasteiger partial charge in [-0.15, -0.1) is 0 Å². The molecule has 0 aromatic heterocycles. The second-order valence-corrected chi connectivity index (χ2v) is 5.06. The highest BCUT2D eigenvalue weighted by molar-refractivity contribution is 5.93. The number of aliphatic imine (C=N–C) groups is 1. The molecule has 1 fully saturated rings. The fourth-order valence-corrected chi connectivity index (χ4v) is 2.44. The lowest BCUT2D eigenvalue weighted by Gasteiger charge is -2.19. The normalized spacial score (nSPS) is 17.3. The van der Waals surface area contributed by atoms with Crippen molar-refractivity contribution in [3.63, 3.8) is 0 Å². The summed E-state index contributed by atoms with van der Waals surface area (Å²) in [6.07, 6.45) is 5.90. The highest BCUT2D eigenvalue weighted by atomic mass is 19.1. The molecule has 1 aliphatic rings. The molecule has 0 unspecified atom stereocenters. The molecule has 1 aromatic carbocycles. The first-order chi connectivity index (χ1) is 9.17. The zero-order valence-electron chi connectivity index (χ0n) is 11.2. The average Bonchev–Trinajstić information content (AvgIpc) is 2.38. The Hall–Kier alpha value is -1.62. The molecular weight excluding hydrogens is 243 g/mol. The van der Waals surface area contributed by atoms with E-state index < -0.39 is 0 Å². The third kappa shape index (κ3) is 4.21. The van der Waals surface area contributed by atoms with Crippen molar-refractivity contribution in [2.24, 2.45) is 10.8 Å². The van der Waals surface area contributed by atoms with E-state index in [1.165, 1.54) is 31.4 Å². The molecule has 0 atom stereocenters. The van der Waals surface area contributed by atoms with Gasteiger partial charge in [0.25, 0.3) is 0 Å². The fourth-order valence-electron chi connectivity index (χ4n) is 2.44. The number of hydrogen-bond acceptors (Lipinski definition) is 2. The van der Waals surface area contributed by atoms with Gasteiger partial charge in [-0.05, 0) is 43.5 Å². The van der Waals surface area contributed by atoms with E-state index >= 15 is 0 Å². The zero-order chi connectivity index (χ0) is 13.7. The number of rotatable bonds is 2. The topological polar surface area (TPSA) is 62.4 Å². The Kier molecular flexibility index (Phi) is 4.74. The van der Waals surface area contributed by atoms with Gasteiger partial charge in [0.15, 0.2) is 0 Å². The molecule has 4 N–H and O–H groups in total. The molecule has 1 aromatic rings. The van der Waals surface area contributed by atoms with Crippen molar-refractivity contribution in [2.75, 3.05) is 5.32 Å². The first-order valence-corrected chi connectivity index (χ1v) is 6.76. The van der Waals surface area contributed by atoms with Crippen LogP contribution in [0.5, 0.6) is 0 Å². The maximum absolute atomic E-state index is 13.3. The van der Waals surface area contributed by atoms with Crippen molar-refractivity contribution in [3.8, 4) is 0 Å². The summed E-state index contributed by atoms with van der Waals surface area (Å²) in [7, 11) is 0. The summed E-state index contributed by atoms with van der Waals surface area (Å²) in [5, 5.41) is 3.03. The SMILES string of the molecule is Cc1cc(F)cc(NC(=NC2CCCCC2)NN)c1. The summed E-state index contributed by atoms with van der Waals surface area (Å²) in [5.74, 6) is 5.71. The number of nitrogens with zero attached hydrogens (tertiary/aromatic N) is 1. The molecule has 0 radical (unpaired) electrons. The maximum atomic E-state index is 13.3. The van der Waals surface area contributed by atoms with Gasteiger partial charge < -0.3 is 5.32 Å². The molecule has 2 rings (SSSR count). The first kappa shape index (κ1) is 13.8. The maximum Gasteiger partial charge on any atom is 0.210 e. The van der Waals surface area contributed by atoms with Gasteiger partial charge in [-0.1, -0.05) is 19.3 Å². The smallest absolute Gasteiger partial charge is 0.210 e. The minimum Gasteiger partial charge on any atom is -0.325 e. The highest BCUT2D eigenvalue weighted by Gasteiger charge is 2.13. The van der Waals surface area contributed by atoms with Gasteiger partial charge in [-0.2, -0.15) is 0 Å². The van der Waals surface area contributed by atoms with Crippen LogP contribution in [0.3, 0.4) is 0 Å². The van der Waals surface area contributed by atoms with Crippen LogP contribution in [-0.2, 0) is 0 Å². The summed E-state index contributed by atoms with van der Waals surface area (Å²) >= 11 is 0. The molecule has 1 aliphatic carbocycles. The fraction of sp³-hybridized carbons (Fsp3) is 0.500. The number of nitrogens with one attached hydrogen (secondary N) is 2. The number of anilines is 1. The lowest BCUT2D eigenvalue weighted by molar-refractivity contribution is 0.442. The monoisotopic (exact) mass is 264 g/mol. The molecule has 1 saturated carbocycles. The van der Waals surface area contributed by atoms with Crippen LogP contribution in [0.1, 0.15) is 37.7 Å². The van der Waals surface area contributed by atoms with E-state index in [-0.39, 0.29) is 5.82 Å². The van der Waals surface area contributed by atoms with E-state index in [1.54, 1.807) is 0 Å². The van der Waals surface area contributed by atoms with Crippen molar-refractivity contribution in [2.45, 2.75) is 45.1 Å². The van der Waals surface area contributed by atoms with E-state index in [0.29, 0.717) is 17.7 Å². The van der Waals surface area contributed by atoms with Gasteiger partial charge in [0.2, 0.25) is 5.96 Å². The van der Waals surface area contributed by atoms with Gasteiger partial charge in [-0.3, -0.25) is 5.43 Å². The van der Waals surface area contributed by atoms with Crippen LogP contribution < -0.4 is 16.6 Å². The Bertz CT molecular complexity index is 433. The van der Waals surface area contributed by atoms with Crippen molar-refractivity contribution in [3.05, 3.63) is 29.6 Å². The Morgan fingerprint density at radius 1 is 1.26 bits per heavy atom. The minimum absolute atomic E-state index is 0.267. The molecule has 0 spiro atoms. The molecule has 0 aliphatic heterocycles. The number of hydrogen-bond donors (Lipinski definition) is 3. The number of aryl methyl sites for hydroxylation is 1. The van der Waals surface area contributed by atoms with Gasteiger partial charge >= 0.3 is 0 Å². The zero-order valence-corrected chi connectivity index (χ0v) is 11.2.